The molecule has 2 rings (SSSR count). The van der Waals surface area contributed by atoms with Gasteiger partial charge in [0, 0.05) is 6.54 Å². The Balaban J connectivity index is 2.15. The standard InChI is InChI=1S/C12H15NO3/c1-16-11(14)13-8-7-12(15,9-13)10-5-3-2-4-6-10/h2-6,15H,7-9H2,1H3. The molecular weight excluding hydrogens is 206 g/mol. The molecule has 0 radical (unpaired) electrons. The quantitative estimate of drug-likeness (QED) is 0.778. The number of β-amino-alcohol motifs (C(OH)–C–C–N with tert-alkyl or cyclic N) is 1. The second-order valence-electron chi connectivity index (χ2n) is 4.04. The van der Waals surface area contributed by atoms with Crippen molar-refractivity contribution in [1.29, 1.82) is 0 Å². The Morgan fingerprint density at radius 3 is 2.75 bits per heavy atom. The molecule has 4 nitrogen and oxygen atoms in total. The van der Waals surface area contributed by atoms with E-state index in [-0.39, 0.29) is 6.09 Å². The van der Waals surface area contributed by atoms with E-state index in [2.05, 4.69) is 4.74 Å². The molecule has 0 aromatic heterocycles. The van der Waals surface area contributed by atoms with Crippen molar-refractivity contribution in [1.82, 2.24) is 4.90 Å². The van der Waals surface area contributed by atoms with Crippen LogP contribution < -0.4 is 0 Å². The first kappa shape index (κ1) is 11.0. The molecule has 1 aromatic carbocycles. The van der Waals surface area contributed by atoms with Crippen LogP contribution in [0.5, 0.6) is 0 Å². The second-order valence-corrected chi connectivity index (χ2v) is 4.04. The lowest BCUT2D eigenvalue weighted by molar-refractivity contribution is 0.0441. The minimum Gasteiger partial charge on any atom is -0.453 e. The number of carbonyl (C=O) groups excluding carboxylic acids is 1. The zero-order valence-corrected chi connectivity index (χ0v) is 9.22. The number of aliphatic hydroxyl groups is 1. The van der Waals surface area contributed by atoms with Crippen LogP contribution in [0.1, 0.15) is 12.0 Å². The summed E-state index contributed by atoms with van der Waals surface area (Å²) in [6, 6.07) is 9.42. The van der Waals surface area contributed by atoms with E-state index >= 15 is 0 Å². The Morgan fingerprint density at radius 1 is 1.44 bits per heavy atom. The van der Waals surface area contributed by atoms with Crippen LogP contribution in [0.4, 0.5) is 4.79 Å². The van der Waals surface area contributed by atoms with Crippen molar-refractivity contribution in [2.24, 2.45) is 0 Å². The van der Waals surface area contributed by atoms with Crippen molar-refractivity contribution in [3.8, 4) is 0 Å². The average Bonchev–Trinajstić information content (AvgIpc) is 2.73. The number of ether oxygens (including phenoxy) is 1. The third kappa shape index (κ3) is 1.88. The number of amides is 1. The zero-order chi connectivity index (χ0) is 11.6. The van der Waals surface area contributed by atoms with E-state index in [9.17, 15) is 9.90 Å². The minimum atomic E-state index is -0.935. The maximum absolute atomic E-state index is 11.3. The predicted octanol–water partition coefficient (Wildman–Crippen LogP) is 1.35. The van der Waals surface area contributed by atoms with E-state index in [1.54, 1.807) is 0 Å². The molecular formula is C12H15NO3. The normalized spacial score (nSPS) is 24.5. The van der Waals surface area contributed by atoms with Gasteiger partial charge in [0.15, 0.2) is 0 Å². The van der Waals surface area contributed by atoms with Gasteiger partial charge in [-0.2, -0.15) is 0 Å². The van der Waals surface area contributed by atoms with Crippen LogP contribution in [0.25, 0.3) is 0 Å². The Labute approximate surface area is 94.4 Å². The number of rotatable bonds is 1. The molecule has 1 aliphatic rings. The van der Waals surface area contributed by atoms with Gasteiger partial charge in [-0.15, -0.1) is 0 Å². The van der Waals surface area contributed by atoms with Crippen molar-refractivity contribution >= 4 is 6.09 Å². The molecule has 0 saturated carbocycles. The van der Waals surface area contributed by atoms with E-state index in [0.29, 0.717) is 19.5 Å². The SMILES string of the molecule is COC(=O)N1CCC(O)(c2ccccc2)C1. The summed E-state index contributed by atoms with van der Waals surface area (Å²) >= 11 is 0. The summed E-state index contributed by atoms with van der Waals surface area (Å²) in [5, 5.41) is 10.4. The van der Waals surface area contributed by atoms with Gasteiger partial charge in [0.2, 0.25) is 0 Å². The molecule has 0 bridgehead atoms. The molecule has 1 aromatic rings. The molecule has 1 fully saturated rings. The number of hydrogen-bond donors (Lipinski definition) is 1. The van der Waals surface area contributed by atoms with Crippen molar-refractivity contribution < 1.29 is 14.6 Å². The first-order valence-electron chi connectivity index (χ1n) is 5.26. The van der Waals surface area contributed by atoms with Gasteiger partial charge in [0.25, 0.3) is 0 Å². The lowest BCUT2D eigenvalue weighted by atomic mass is 9.93. The highest BCUT2D eigenvalue weighted by molar-refractivity contribution is 5.68. The molecule has 0 spiro atoms. The molecule has 1 amide bonds. The largest absolute Gasteiger partial charge is 0.453 e. The Hall–Kier alpha value is -1.55. The fourth-order valence-electron chi connectivity index (χ4n) is 2.06. The van der Waals surface area contributed by atoms with Crippen LogP contribution in [0.2, 0.25) is 0 Å². The van der Waals surface area contributed by atoms with Crippen LogP contribution >= 0.6 is 0 Å². The zero-order valence-electron chi connectivity index (χ0n) is 9.22. The number of carbonyl (C=O) groups is 1. The predicted molar refractivity (Wildman–Crippen MR) is 58.9 cm³/mol. The first-order chi connectivity index (χ1) is 7.65. The number of hydrogen-bond acceptors (Lipinski definition) is 3. The fraction of sp³-hybridized carbons (Fsp3) is 0.417. The molecule has 1 atom stereocenters. The Morgan fingerprint density at radius 2 is 2.12 bits per heavy atom. The summed E-state index contributed by atoms with van der Waals surface area (Å²) in [6.45, 7) is 0.821. The van der Waals surface area contributed by atoms with Gasteiger partial charge in [0.1, 0.15) is 5.60 Å². The minimum absolute atomic E-state index is 0.295. The number of methoxy groups -OCH3 is 1. The molecule has 4 heteroatoms. The molecule has 16 heavy (non-hydrogen) atoms. The average molecular weight is 221 g/mol. The van der Waals surface area contributed by atoms with E-state index < -0.39 is 5.60 Å². The smallest absolute Gasteiger partial charge is 0.409 e. The monoisotopic (exact) mass is 221 g/mol. The highest BCUT2D eigenvalue weighted by atomic mass is 16.5. The summed E-state index contributed by atoms with van der Waals surface area (Å²) in [4.78, 5) is 12.8. The lowest BCUT2D eigenvalue weighted by Crippen LogP contribution is -2.34. The highest BCUT2D eigenvalue weighted by Gasteiger charge is 2.39. The number of nitrogens with zero attached hydrogens (tertiary/aromatic N) is 1. The van der Waals surface area contributed by atoms with Gasteiger partial charge in [-0.05, 0) is 12.0 Å². The summed E-state index contributed by atoms with van der Waals surface area (Å²) < 4.78 is 4.64. The molecule has 1 unspecified atom stereocenters. The van der Waals surface area contributed by atoms with E-state index in [0.717, 1.165) is 5.56 Å². The molecule has 86 valence electrons. The third-order valence-corrected chi connectivity index (χ3v) is 2.99. The third-order valence-electron chi connectivity index (χ3n) is 2.99. The van der Waals surface area contributed by atoms with Crippen molar-refractivity contribution in [3.63, 3.8) is 0 Å². The number of benzene rings is 1. The van der Waals surface area contributed by atoms with Crippen LogP contribution in [0.3, 0.4) is 0 Å². The number of likely N-dealkylation sites (tertiary alicyclic amines) is 1. The summed E-state index contributed by atoms with van der Waals surface area (Å²) in [5.74, 6) is 0. The summed E-state index contributed by atoms with van der Waals surface area (Å²) in [7, 11) is 1.35. The van der Waals surface area contributed by atoms with E-state index in [4.69, 9.17) is 0 Å². The van der Waals surface area contributed by atoms with Crippen LogP contribution in [0.15, 0.2) is 30.3 Å². The Kier molecular flexibility index (Phi) is 2.83. The highest BCUT2D eigenvalue weighted by Crippen LogP contribution is 2.31. The van der Waals surface area contributed by atoms with E-state index in [1.165, 1.54) is 12.0 Å². The topological polar surface area (TPSA) is 49.8 Å². The molecule has 1 aliphatic heterocycles. The second kappa shape index (κ2) is 4.14. The van der Waals surface area contributed by atoms with Crippen molar-refractivity contribution in [3.05, 3.63) is 35.9 Å². The first-order valence-corrected chi connectivity index (χ1v) is 5.26. The molecule has 0 aliphatic carbocycles. The van der Waals surface area contributed by atoms with Crippen LogP contribution in [0, 0.1) is 0 Å². The van der Waals surface area contributed by atoms with Gasteiger partial charge in [-0.3, -0.25) is 0 Å². The van der Waals surface area contributed by atoms with Crippen molar-refractivity contribution in [2.75, 3.05) is 20.2 Å². The van der Waals surface area contributed by atoms with Crippen LogP contribution in [-0.2, 0) is 10.3 Å². The molecule has 1 saturated heterocycles. The van der Waals surface area contributed by atoms with E-state index in [1.807, 2.05) is 30.3 Å². The molecule has 1 N–H and O–H groups in total. The van der Waals surface area contributed by atoms with Gasteiger partial charge >= 0.3 is 6.09 Å². The summed E-state index contributed by atoms with van der Waals surface area (Å²) in [5.41, 5.74) is -0.0865. The lowest BCUT2D eigenvalue weighted by Gasteiger charge is -2.23. The molecule has 1 heterocycles. The van der Waals surface area contributed by atoms with Gasteiger partial charge in [-0.25, -0.2) is 4.79 Å². The maximum atomic E-state index is 11.3. The Bertz CT molecular complexity index is 379. The van der Waals surface area contributed by atoms with Crippen molar-refractivity contribution in [2.45, 2.75) is 12.0 Å². The van der Waals surface area contributed by atoms with Crippen LogP contribution in [-0.4, -0.2) is 36.3 Å². The van der Waals surface area contributed by atoms with Gasteiger partial charge in [-0.1, -0.05) is 30.3 Å². The fourth-order valence-corrected chi connectivity index (χ4v) is 2.06. The summed E-state index contributed by atoms with van der Waals surface area (Å²) in [6.07, 6.45) is 0.165. The maximum Gasteiger partial charge on any atom is 0.409 e. The van der Waals surface area contributed by atoms with Gasteiger partial charge in [0.05, 0.1) is 13.7 Å². The van der Waals surface area contributed by atoms with Gasteiger partial charge < -0.3 is 14.7 Å².